The van der Waals surface area contributed by atoms with Crippen LogP contribution in [0.4, 0.5) is 18.9 Å². The number of nitrogens with one attached hydrogen (secondary N) is 2. The number of furan rings is 1. The van der Waals surface area contributed by atoms with E-state index in [0.717, 1.165) is 18.6 Å². The molecule has 0 aliphatic heterocycles. The molecule has 0 spiro atoms. The SMILES string of the molecule is CCCNC(=O)c1cccc(NC(=O)c2ccc(-c3cccc(C(F)(F)F)c3)o2)c1. The van der Waals surface area contributed by atoms with Crippen LogP contribution in [0.15, 0.2) is 65.1 Å². The summed E-state index contributed by atoms with van der Waals surface area (Å²) in [6.45, 7) is 2.48. The second kappa shape index (κ2) is 8.86. The zero-order chi connectivity index (χ0) is 21.7. The van der Waals surface area contributed by atoms with E-state index in [4.69, 9.17) is 4.42 Å². The summed E-state index contributed by atoms with van der Waals surface area (Å²) in [7, 11) is 0. The average Bonchev–Trinajstić information content (AvgIpc) is 3.22. The minimum absolute atomic E-state index is 0.0664. The quantitative estimate of drug-likeness (QED) is 0.569. The van der Waals surface area contributed by atoms with Gasteiger partial charge in [0.05, 0.1) is 5.56 Å². The van der Waals surface area contributed by atoms with Crippen molar-refractivity contribution in [2.24, 2.45) is 0 Å². The molecule has 0 radical (unpaired) electrons. The molecule has 5 nitrogen and oxygen atoms in total. The molecule has 2 amide bonds. The number of hydrogen-bond donors (Lipinski definition) is 2. The van der Waals surface area contributed by atoms with E-state index in [0.29, 0.717) is 17.8 Å². The van der Waals surface area contributed by atoms with Crippen LogP contribution in [0.25, 0.3) is 11.3 Å². The number of hydrogen-bond acceptors (Lipinski definition) is 3. The van der Waals surface area contributed by atoms with Gasteiger partial charge in [0, 0.05) is 23.4 Å². The summed E-state index contributed by atoms with van der Waals surface area (Å²) in [5.74, 6) is -0.765. The van der Waals surface area contributed by atoms with Gasteiger partial charge in [-0.25, -0.2) is 0 Å². The van der Waals surface area contributed by atoms with Gasteiger partial charge in [-0.15, -0.1) is 0 Å². The molecule has 30 heavy (non-hydrogen) atoms. The van der Waals surface area contributed by atoms with Gasteiger partial charge in [0.2, 0.25) is 0 Å². The maximum atomic E-state index is 12.9. The van der Waals surface area contributed by atoms with Crippen LogP contribution >= 0.6 is 0 Å². The van der Waals surface area contributed by atoms with Crippen molar-refractivity contribution in [3.63, 3.8) is 0 Å². The molecule has 1 aromatic heterocycles. The van der Waals surface area contributed by atoms with Gasteiger partial charge in [-0.05, 0) is 48.9 Å². The first kappa shape index (κ1) is 21.2. The number of carbonyl (C=O) groups is 2. The molecule has 156 valence electrons. The first-order valence-electron chi connectivity index (χ1n) is 9.25. The summed E-state index contributed by atoms with van der Waals surface area (Å²) in [5, 5.41) is 5.36. The van der Waals surface area contributed by atoms with Crippen molar-refractivity contribution < 1.29 is 27.2 Å². The van der Waals surface area contributed by atoms with Crippen molar-refractivity contribution in [3.05, 3.63) is 77.6 Å². The highest BCUT2D eigenvalue weighted by molar-refractivity contribution is 6.03. The normalized spacial score (nSPS) is 11.2. The summed E-state index contributed by atoms with van der Waals surface area (Å²) in [6.07, 6.45) is -3.67. The molecule has 8 heteroatoms. The van der Waals surface area contributed by atoms with E-state index in [-0.39, 0.29) is 23.0 Å². The van der Waals surface area contributed by atoms with Gasteiger partial charge in [-0.1, -0.05) is 25.1 Å². The Labute approximate surface area is 170 Å². The first-order chi connectivity index (χ1) is 14.3. The predicted octanol–water partition coefficient (Wildman–Crippen LogP) is 5.36. The van der Waals surface area contributed by atoms with Crippen molar-refractivity contribution in [1.29, 1.82) is 0 Å². The lowest BCUT2D eigenvalue weighted by atomic mass is 10.1. The highest BCUT2D eigenvalue weighted by Gasteiger charge is 2.30. The summed E-state index contributed by atoms with van der Waals surface area (Å²) in [4.78, 5) is 24.5. The van der Waals surface area contributed by atoms with Crippen molar-refractivity contribution in [3.8, 4) is 11.3 Å². The van der Waals surface area contributed by atoms with Crippen LogP contribution in [-0.4, -0.2) is 18.4 Å². The Balaban J connectivity index is 1.74. The van der Waals surface area contributed by atoms with Crippen LogP contribution in [0.1, 0.15) is 39.8 Å². The van der Waals surface area contributed by atoms with Crippen molar-refractivity contribution >= 4 is 17.5 Å². The Bertz CT molecular complexity index is 1060. The van der Waals surface area contributed by atoms with Gasteiger partial charge in [-0.3, -0.25) is 9.59 Å². The minimum atomic E-state index is -4.47. The molecule has 0 aliphatic rings. The Morgan fingerprint density at radius 1 is 0.967 bits per heavy atom. The zero-order valence-corrected chi connectivity index (χ0v) is 16.0. The highest BCUT2D eigenvalue weighted by atomic mass is 19.4. The predicted molar refractivity (Wildman–Crippen MR) is 106 cm³/mol. The molecule has 0 unspecified atom stereocenters. The van der Waals surface area contributed by atoms with E-state index in [1.165, 1.54) is 30.3 Å². The number of alkyl halides is 3. The molecule has 3 aromatic rings. The molecular weight excluding hydrogens is 397 g/mol. The van der Waals surface area contributed by atoms with E-state index in [1.807, 2.05) is 6.92 Å². The van der Waals surface area contributed by atoms with E-state index >= 15 is 0 Å². The molecule has 0 bridgehead atoms. The Kier molecular flexibility index (Phi) is 6.25. The van der Waals surface area contributed by atoms with Gasteiger partial charge < -0.3 is 15.1 Å². The third-order valence-electron chi connectivity index (χ3n) is 4.22. The van der Waals surface area contributed by atoms with Gasteiger partial charge in [-0.2, -0.15) is 13.2 Å². The molecule has 1 heterocycles. The monoisotopic (exact) mass is 416 g/mol. The first-order valence-corrected chi connectivity index (χ1v) is 9.25. The van der Waals surface area contributed by atoms with Gasteiger partial charge >= 0.3 is 6.18 Å². The maximum absolute atomic E-state index is 12.9. The topological polar surface area (TPSA) is 71.3 Å². The molecule has 3 rings (SSSR count). The standard InChI is InChI=1S/C22H19F3N2O3/c1-2-11-26-20(28)15-6-4-8-17(13-15)27-21(29)19-10-9-18(30-19)14-5-3-7-16(12-14)22(23,24)25/h3-10,12-13H,2,11H2,1H3,(H,26,28)(H,27,29). The lowest BCUT2D eigenvalue weighted by Crippen LogP contribution is -2.24. The van der Waals surface area contributed by atoms with Crippen molar-refractivity contribution in [2.75, 3.05) is 11.9 Å². The molecule has 0 saturated heterocycles. The number of anilines is 1. The molecule has 2 aromatic carbocycles. The van der Waals surface area contributed by atoms with Crippen LogP contribution in [-0.2, 0) is 6.18 Å². The summed E-state index contributed by atoms with van der Waals surface area (Å²) in [5.41, 5.74) is 0.186. The number of halogens is 3. The fourth-order valence-corrected chi connectivity index (χ4v) is 2.74. The lowest BCUT2D eigenvalue weighted by molar-refractivity contribution is -0.137. The zero-order valence-electron chi connectivity index (χ0n) is 16.0. The second-order valence-corrected chi connectivity index (χ2v) is 6.53. The number of amides is 2. The fourth-order valence-electron chi connectivity index (χ4n) is 2.74. The molecule has 0 saturated carbocycles. The van der Waals surface area contributed by atoms with Crippen LogP contribution in [0.3, 0.4) is 0 Å². The average molecular weight is 416 g/mol. The second-order valence-electron chi connectivity index (χ2n) is 6.53. The molecule has 0 atom stereocenters. The number of carbonyl (C=O) groups excluding carboxylic acids is 2. The van der Waals surface area contributed by atoms with Crippen LogP contribution in [0.5, 0.6) is 0 Å². The van der Waals surface area contributed by atoms with Crippen LogP contribution in [0.2, 0.25) is 0 Å². The number of benzene rings is 2. The van der Waals surface area contributed by atoms with E-state index in [9.17, 15) is 22.8 Å². The minimum Gasteiger partial charge on any atom is -0.451 e. The maximum Gasteiger partial charge on any atom is 0.416 e. The van der Waals surface area contributed by atoms with Gasteiger partial charge in [0.1, 0.15) is 5.76 Å². The Morgan fingerprint density at radius 2 is 1.73 bits per heavy atom. The lowest BCUT2D eigenvalue weighted by Gasteiger charge is -2.08. The molecular formula is C22H19F3N2O3. The highest BCUT2D eigenvalue weighted by Crippen LogP contribution is 2.32. The molecule has 0 aliphatic carbocycles. The fraction of sp³-hybridized carbons (Fsp3) is 0.182. The third-order valence-corrected chi connectivity index (χ3v) is 4.22. The largest absolute Gasteiger partial charge is 0.451 e. The molecule has 0 fully saturated rings. The smallest absolute Gasteiger partial charge is 0.416 e. The summed E-state index contributed by atoms with van der Waals surface area (Å²) >= 11 is 0. The molecule has 2 N–H and O–H groups in total. The van der Waals surface area contributed by atoms with Gasteiger partial charge in [0.25, 0.3) is 11.8 Å². The van der Waals surface area contributed by atoms with Crippen molar-refractivity contribution in [2.45, 2.75) is 19.5 Å². The third kappa shape index (κ3) is 5.08. The van der Waals surface area contributed by atoms with Crippen LogP contribution < -0.4 is 10.6 Å². The summed E-state index contributed by atoms with van der Waals surface area (Å²) < 4.78 is 44.1. The Morgan fingerprint density at radius 3 is 2.47 bits per heavy atom. The van der Waals surface area contributed by atoms with Crippen molar-refractivity contribution in [1.82, 2.24) is 5.32 Å². The van der Waals surface area contributed by atoms with Crippen LogP contribution in [0, 0.1) is 0 Å². The van der Waals surface area contributed by atoms with E-state index < -0.39 is 17.6 Å². The number of rotatable bonds is 6. The van der Waals surface area contributed by atoms with E-state index in [1.54, 1.807) is 18.2 Å². The summed E-state index contributed by atoms with van der Waals surface area (Å²) in [6, 6.07) is 13.9. The van der Waals surface area contributed by atoms with Gasteiger partial charge in [0.15, 0.2) is 5.76 Å². The van der Waals surface area contributed by atoms with E-state index in [2.05, 4.69) is 10.6 Å². The Hall–Kier alpha value is -3.55.